The van der Waals surface area contributed by atoms with Crippen molar-refractivity contribution >= 4 is 16.9 Å². The van der Waals surface area contributed by atoms with Crippen molar-refractivity contribution in [2.24, 2.45) is 0 Å². The summed E-state index contributed by atoms with van der Waals surface area (Å²) < 4.78 is 8.25. The van der Waals surface area contributed by atoms with Gasteiger partial charge in [0.05, 0.1) is 23.2 Å². The molecule has 0 aliphatic carbocycles. The van der Waals surface area contributed by atoms with Crippen molar-refractivity contribution < 1.29 is 9.53 Å². The molecule has 0 aliphatic rings. The first kappa shape index (κ1) is 23.5. The number of ether oxygens (including phenoxy) is 1. The number of rotatable bonds is 11. The molecule has 2 aromatic carbocycles. The van der Waals surface area contributed by atoms with E-state index in [0.29, 0.717) is 24.6 Å². The predicted molar refractivity (Wildman–Crippen MR) is 135 cm³/mol. The van der Waals surface area contributed by atoms with Crippen molar-refractivity contribution in [3.8, 4) is 5.75 Å². The third kappa shape index (κ3) is 6.01. The molecule has 0 fully saturated rings. The summed E-state index contributed by atoms with van der Waals surface area (Å²) in [5.41, 5.74) is 4.03. The molecule has 0 spiro atoms. The van der Waals surface area contributed by atoms with Crippen LogP contribution in [-0.2, 0) is 13.0 Å². The van der Waals surface area contributed by atoms with Gasteiger partial charge >= 0.3 is 0 Å². The summed E-state index contributed by atoms with van der Waals surface area (Å²) in [5.74, 6) is 2.37. The zero-order valence-electron chi connectivity index (χ0n) is 19.9. The van der Waals surface area contributed by atoms with Crippen molar-refractivity contribution in [3.05, 3.63) is 90.0 Å². The smallest absolute Gasteiger partial charge is 0.252 e. The zero-order valence-corrected chi connectivity index (χ0v) is 19.9. The van der Waals surface area contributed by atoms with Gasteiger partial charge in [-0.2, -0.15) is 0 Å². The van der Waals surface area contributed by atoms with Crippen LogP contribution in [0.3, 0.4) is 0 Å². The average Bonchev–Trinajstić information content (AvgIpc) is 3.22. The first-order valence-electron chi connectivity index (χ1n) is 12.0. The molecule has 4 aromatic rings. The molecule has 0 saturated heterocycles. The predicted octanol–water partition coefficient (Wildman–Crippen LogP) is 5.39. The van der Waals surface area contributed by atoms with E-state index >= 15 is 0 Å². The third-order valence-electron chi connectivity index (χ3n) is 5.86. The Bertz CT molecular complexity index is 1200. The minimum atomic E-state index is -0.0971. The van der Waals surface area contributed by atoms with E-state index in [1.165, 1.54) is 5.56 Å². The maximum atomic E-state index is 12.2. The molecule has 2 aromatic heterocycles. The number of amides is 1. The van der Waals surface area contributed by atoms with Crippen molar-refractivity contribution in [3.63, 3.8) is 0 Å². The van der Waals surface area contributed by atoms with E-state index in [1.807, 2.05) is 30.3 Å². The van der Waals surface area contributed by atoms with Crippen LogP contribution in [-0.4, -0.2) is 33.6 Å². The Morgan fingerprint density at radius 1 is 1.03 bits per heavy atom. The molecule has 6 heteroatoms. The van der Waals surface area contributed by atoms with E-state index in [2.05, 4.69) is 46.9 Å². The molecule has 6 nitrogen and oxygen atoms in total. The number of benzene rings is 2. The molecule has 0 aliphatic heterocycles. The maximum Gasteiger partial charge on any atom is 0.252 e. The number of hydrogen-bond acceptors (Lipinski definition) is 4. The number of fused-ring (bicyclic) bond motifs is 1. The second kappa shape index (κ2) is 11.5. The van der Waals surface area contributed by atoms with E-state index in [0.717, 1.165) is 48.4 Å². The number of carbonyl (C=O) groups is 1. The number of aromatic nitrogens is 3. The van der Waals surface area contributed by atoms with Crippen molar-refractivity contribution in [2.75, 3.05) is 13.2 Å². The molecule has 1 N–H and O–H groups in total. The lowest BCUT2D eigenvalue weighted by Gasteiger charge is -2.12. The quantitative estimate of drug-likeness (QED) is 0.307. The van der Waals surface area contributed by atoms with Gasteiger partial charge in [0.1, 0.15) is 11.6 Å². The minimum absolute atomic E-state index is 0.0971. The lowest BCUT2D eigenvalue weighted by atomic mass is 10.0. The SMILES string of the molecule is CC(C)c1ccc(OCCCn2c(CCCNC(=O)c3cccnc3)nc3ccccc32)cc1. The maximum absolute atomic E-state index is 12.2. The minimum Gasteiger partial charge on any atom is -0.494 e. The van der Waals surface area contributed by atoms with Gasteiger partial charge in [0.25, 0.3) is 5.91 Å². The van der Waals surface area contributed by atoms with E-state index in [9.17, 15) is 4.79 Å². The van der Waals surface area contributed by atoms with Crippen LogP contribution in [0.15, 0.2) is 73.1 Å². The molecule has 1 amide bonds. The van der Waals surface area contributed by atoms with Crippen LogP contribution in [0, 0.1) is 0 Å². The molecule has 176 valence electrons. The second-order valence-electron chi connectivity index (χ2n) is 8.70. The topological polar surface area (TPSA) is 69.0 Å². The van der Waals surface area contributed by atoms with Crippen LogP contribution in [0.5, 0.6) is 5.75 Å². The number of carbonyl (C=O) groups excluding carboxylic acids is 1. The molecular formula is C28H32N4O2. The van der Waals surface area contributed by atoms with Gasteiger partial charge in [0.2, 0.25) is 0 Å². The summed E-state index contributed by atoms with van der Waals surface area (Å²) in [6.45, 7) is 6.46. The first-order valence-corrected chi connectivity index (χ1v) is 12.0. The largest absolute Gasteiger partial charge is 0.494 e. The fourth-order valence-corrected chi connectivity index (χ4v) is 3.97. The Hall–Kier alpha value is -3.67. The molecule has 4 rings (SSSR count). The molecule has 0 saturated carbocycles. The molecule has 34 heavy (non-hydrogen) atoms. The van der Waals surface area contributed by atoms with E-state index in [1.54, 1.807) is 24.5 Å². The highest BCUT2D eigenvalue weighted by molar-refractivity contribution is 5.93. The van der Waals surface area contributed by atoms with Gasteiger partial charge in [-0.3, -0.25) is 9.78 Å². The molecule has 2 heterocycles. The van der Waals surface area contributed by atoms with Crippen LogP contribution in [0.1, 0.15) is 54.4 Å². The molecule has 0 bridgehead atoms. The Morgan fingerprint density at radius 3 is 2.62 bits per heavy atom. The standard InChI is InChI=1S/C28H32N4O2/c1-21(2)22-12-14-24(15-13-22)34-19-7-18-32-26-10-4-3-9-25(26)31-27(32)11-6-17-30-28(33)23-8-5-16-29-20-23/h3-5,8-10,12-16,20-21H,6-7,11,17-19H2,1-2H3,(H,30,33). The fourth-order valence-electron chi connectivity index (χ4n) is 3.97. The van der Waals surface area contributed by atoms with Gasteiger partial charge in [0.15, 0.2) is 0 Å². The lowest BCUT2D eigenvalue weighted by Crippen LogP contribution is -2.25. The van der Waals surface area contributed by atoms with Gasteiger partial charge in [-0.15, -0.1) is 0 Å². The van der Waals surface area contributed by atoms with Crippen molar-refractivity contribution in [1.29, 1.82) is 0 Å². The summed E-state index contributed by atoms with van der Waals surface area (Å²) in [4.78, 5) is 21.1. The van der Waals surface area contributed by atoms with Gasteiger partial charge in [-0.1, -0.05) is 38.1 Å². The Kier molecular flexibility index (Phi) is 7.91. The monoisotopic (exact) mass is 456 g/mol. The van der Waals surface area contributed by atoms with Crippen molar-refractivity contribution in [1.82, 2.24) is 19.9 Å². The average molecular weight is 457 g/mol. The van der Waals surface area contributed by atoms with Crippen LogP contribution in [0.25, 0.3) is 11.0 Å². The Labute approximate surface area is 201 Å². The molecule has 0 atom stereocenters. The van der Waals surface area contributed by atoms with Crippen LogP contribution < -0.4 is 10.1 Å². The summed E-state index contributed by atoms with van der Waals surface area (Å²) in [6, 6.07) is 20.1. The van der Waals surface area contributed by atoms with Crippen LogP contribution >= 0.6 is 0 Å². The van der Waals surface area contributed by atoms with Gasteiger partial charge in [-0.25, -0.2) is 4.98 Å². The summed E-state index contributed by atoms with van der Waals surface area (Å²) in [7, 11) is 0. The highest BCUT2D eigenvalue weighted by Crippen LogP contribution is 2.20. The zero-order chi connectivity index (χ0) is 23.8. The van der Waals surface area contributed by atoms with Crippen LogP contribution in [0.4, 0.5) is 0 Å². The number of hydrogen-bond donors (Lipinski definition) is 1. The number of nitrogens with one attached hydrogen (secondary N) is 1. The number of pyridine rings is 1. The molecule has 0 unspecified atom stereocenters. The number of aryl methyl sites for hydroxylation is 2. The Morgan fingerprint density at radius 2 is 1.85 bits per heavy atom. The van der Waals surface area contributed by atoms with E-state index in [4.69, 9.17) is 9.72 Å². The molecular weight excluding hydrogens is 424 g/mol. The number of imidazole rings is 1. The first-order chi connectivity index (χ1) is 16.6. The fraction of sp³-hybridized carbons (Fsp3) is 0.321. The highest BCUT2D eigenvalue weighted by atomic mass is 16.5. The number of para-hydroxylation sites is 2. The van der Waals surface area contributed by atoms with Gasteiger partial charge in [-0.05, 0) is 60.7 Å². The Balaban J connectivity index is 1.31. The number of nitrogens with zero attached hydrogens (tertiary/aromatic N) is 3. The lowest BCUT2D eigenvalue weighted by molar-refractivity contribution is 0.0952. The van der Waals surface area contributed by atoms with Crippen molar-refractivity contribution in [2.45, 2.75) is 45.6 Å². The van der Waals surface area contributed by atoms with Gasteiger partial charge < -0.3 is 14.6 Å². The van der Waals surface area contributed by atoms with Gasteiger partial charge in [0, 0.05) is 31.9 Å². The second-order valence-corrected chi connectivity index (χ2v) is 8.70. The summed E-state index contributed by atoms with van der Waals surface area (Å²) >= 11 is 0. The third-order valence-corrected chi connectivity index (χ3v) is 5.86. The summed E-state index contributed by atoms with van der Waals surface area (Å²) in [5, 5.41) is 2.97. The normalized spacial score (nSPS) is 11.1. The van der Waals surface area contributed by atoms with E-state index in [-0.39, 0.29) is 5.91 Å². The molecule has 0 radical (unpaired) electrons. The highest BCUT2D eigenvalue weighted by Gasteiger charge is 2.11. The van der Waals surface area contributed by atoms with E-state index < -0.39 is 0 Å². The van der Waals surface area contributed by atoms with Crippen LogP contribution in [0.2, 0.25) is 0 Å². The summed E-state index contributed by atoms with van der Waals surface area (Å²) in [6.07, 6.45) is 5.73.